The van der Waals surface area contributed by atoms with Crippen LogP contribution in [0.15, 0.2) is 17.0 Å². The number of rotatable bonds is 3. The SMILES string of the molecule is CC(=O)N1CCOc2cc(S(=O)(=O)NC3CCCC3)c(Cl)cc21. The minimum atomic E-state index is -3.71. The van der Waals surface area contributed by atoms with E-state index in [0.29, 0.717) is 24.6 Å². The molecule has 0 bridgehead atoms. The summed E-state index contributed by atoms with van der Waals surface area (Å²) in [5, 5.41) is 0.0889. The summed E-state index contributed by atoms with van der Waals surface area (Å²) in [6, 6.07) is 2.85. The fourth-order valence-corrected chi connectivity index (χ4v) is 4.92. The Morgan fingerprint density at radius 2 is 2.04 bits per heavy atom. The third-order valence-corrected chi connectivity index (χ3v) is 6.21. The lowest BCUT2D eigenvalue weighted by Crippen LogP contribution is -2.37. The average molecular weight is 359 g/mol. The molecule has 1 aliphatic heterocycles. The van der Waals surface area contributed by atoms with Crippen molar-refractivity contribution >= 4 is 33.2 Å². The van der Waals surface area contributed by atoms with Gasteiger partial charge in [0.15, 0.2) is 0 Å². The lowest BCUT2D eigenvalue weighted by molar-refractivity contribution is -0.116. The minimum Gasteiger partial charge on any atom is -0.489 e. The van der Waals surface area contributed by atoms with Crippen LogP contribution in [0.1, 0.15) is 32.6 Å². The van der Waals surface area contributed by atoms with Crippen molar-refractivity contribution in [3.05, 3.63) is 17.2 Å². The van der Waals surface area contributed by atoms with Crippen molar-refractivity contribution in [2.24, 2.45) is 0 Å². The molecule has 1 heterocycles. The van der Waals surface area contributed by atoms with Gasteiger partial charge in [-0.25, -0.2) is 13.1 Å². The highest BCUT2D eigenvalue weighted by Crippen LogP contribution is 2.38. The van der Waals surface area contributed by atoms with E-state index in [2.05, 4.69) is 4.72 Å². The number of carbonyl (C=O) groups is 1. The van der Waals surface area contributed by atoms with Crippen LogP contribution in [0.4, 0.5) is 5.69 Å². The Labute approximate surface area is 140 Å². The van der Waals surface area contributed by atoms with Gasteiger partial charge in [-0.3, -0.25) is 4.79 Å². The lowest BCUT2D eigenvalue weighted by Gasteiger charge is -2.29. The largest absolute Gasteiger partial charge is 0.489 e. The molecular formula is C15H19ClN2O4S. The molecule has 6 nitrogen and oxygen atoms in total. The predicted molar refractivity (Wildman–Crippen MR) is 87.6 cm³/mol. The number of nitrogens with one attached hydrogen (secondary N) is 1. The first kappa shape index (κ1) is 16.5. The zero-order valence-electron chi connectivity index (χ0n) is 12.8. The van der Waals surface area contributed by atoms with E-state index < -0.39 is 10.0 Å². The molecular weight excluding hydrogens is 340 g/mol. The molecule has 1 aromatic carbocycles. The van der Waals surface area contributed by atoms with Crippen molar-refractivity contribution in [2.75, 3.05) is 18.1 Å². The second-order valence-corrected chi connectivity index (χ2v) is 7.96. The molecule has 1 fully saturated rings. The second-order valence-electron chi connectivity index (χ2n) is 5.87. The van der Waals surface area contributed by atoms with Crippen LogP contribution < -0.4 is 14.4 Å². The maximum absolute atomic E-state index is 12.6. The van der Waals surface area contributed by atoms with Crippen LogP contribution in [-0.2, 0) is 14.8 Å². The highest BCUT2D eigenvalue weighted by Gasteiger charge is 2.29. The van der Waals surface area contributed by atoms with Crippen molar-refractivity contribution < 1.29 is 17.9 Å². The summed E-state index contributed by atoms with van der Waals surface area (Å²) in [6.07, 6.45) is 3.75. The number of amides is 1. The molecule has 1 saturated carbocycles. The molecule has 23 heavy (non-hydrogen) atoms. The highest BCUT2D eigenvalue weighted by molar-refractivity contribution is 7.89. The molecule has 3 rings (SSSR count). The number of ether oxygens (including phenoxy) is 1. The fraction of sp³-hybridized carbons (Fsp3) is 0.533. The number of fused-ring (bicyclic) bond motifs is 1. The normalized spacial score (nSPS) is 18.6. The topological polar surface area (TPSA) is 75.7 Å². The molecule has 1 amide bonds. The molecule has 126 valence electrons. The Kier molecular flexibility index (Phi) is 4.53. The highest BCUT2D eigenvalue weighted by atomic mass is 35.5. The van der Waals surface area contributed by atoms with Gasteiger partial charge < -0.3 is 9.64 Å². The Hall–Kier alpha value is -1.31. The van der Waals surface area contributed by atoms with Crippen LogP contribution in [0.5, 0.6) is 5.75 Å². The smallest absolute Gasteiger partial charge is 0.242 e. The number of carbonyl (C=O) groups excluding carboxylic acids is 1. The van der Waals surface area contributed by atoms with Crippen LogP contribution in [-0.4, -0.2) is 33.5 Å². The predicted octanol–water partition coefficient (Wildman–Crippen LogP) is 2.31. The molecule has 0 aromatic heterocycles. The number of nitrogens with zero attached hydrogens (tertiary/aromatic N) is 1. The summed E-state index contributed by atoms with van der Waals surface area (Å²) in [5.41, 5.74) is 0.508. The Bertz CT molecular complexity index is 729. The molecule has 1 aliphatic carbocycles. The van der Waals surface area contributed by atoms with E-state index in [0.717, 1.165) is 25.7 Å². The van der Waals surface area contributed by atoms with Gasteiger partial charge in [0.1, 0.15) is 17.3 Å². The quantitative estimate of drug-likeness (QED) is 0.899. The van der Waals surface area contributed by atoms with Crippen LogP contribution in [0.3, 0.4) is 0 Å². The van der Waals surface area contributed by atoms with Crippen molar-refractivity contribution in [2.45, 2.75) is 43.5 Å². The van der Waals surface area contributed by atoms with Crippen molar-refractivity contribution in [3.63, 3.8) is 0 Å². The summed E-state index contributed by atoms with van der Waals surface area (Å²) in [6.45, 7) is 2.20. The van der Waals surface area contributed by atoms with Gasteiger partial charge in [0.25, 0.3) is 0 Å². The van der Waals surface area contributed by atoms with Gasteiger partial charge in [-0.1, -0.05) is 24.4 Å². The monoisotopic (exact) mass is 358 g/mol. The van der Waals surface area contributed by atoms with E-state index in [4.69, 9.17) is 16.3 Å². The number of sulfonamides is 1. The number of halogens is 1. The van der Waals surface area contributed by atoms with Gasteiger partial charge in [0.2, 0.25) is 15.9 Å². The fourth-order valence-electron chi connectivity index (χ4n) is 3.08. The average Bonchev–Trinajstić information content (AvgIpc) is 2.97. The molecule has 0 saturated heterocycles. The number of hydrogen-bond acceptors (Lipinski definition) is 4. The van der Waals surface area contributed by atoms with Gasteiger partial charge in [0.05, 0.1) is 17.3 Å². The molecule has 2 aliphatic rings. The summed E-state index contributed by atoms with van der Waals surface area (Å²) in [5.74, 6) is 0.230. The standard InChI is InChI=1S/C15H19ClN2O4S/c1-10(19)18-6-7-22-14-9-15(12(16)8-13(14)18)23(20,21)17-11-4-2-3-5-11/h8-9,11,17H,2-7H2,1H3. The molecule has 0 unspecified atom stereocenters. The second kappa shape index (κ2) is 6.30. The van der Waals surface area contributed by atoms with E-state index in [-0.39, 0.29) is 21.9 Å². The van der Waals surface area contributed by atoms with Gasteiger partial charge in [0, 0.05) is 19.0 Å². The van der Waals surface area contributed by atoms with Gasteiger partial charge in [-0.2, -0.15) is 0 Å². The van der Waals surface area contributed by atoms with E-state index in [1.807, 2.05) is 0 Å². The van der Waals surface area contributed by atoms with Gasteiger partial charge >= 0.3 is 0 Å². The molecule has 1 N–H and O–H groups in total. The molecule has 8 heteroatoms. The summed E-state index contributed by atoms with van der Waals surface area (Å²) in [7, 11) is -3.71. The first-order valence-corrected chi connectivity index (χ1v) is 9.51. The third kappa shape index (κ3) is 3.32. The Morgan fingerprint density at radius 1 is 1.35 bits per heavy atom. The summed E-state index contributed by atoms with van der Waals surface area (Å²) in [4.78, 5) is 13.2. The van der Waals surface area contributed by atoms with Crippen LogP contribution in [0, 0.1) is 0 Å². The van der Waals surface area contributed by atoms with E-state index in [1.54, 1.807) is 0 Å². The minimum absolute atomic E-state index is 0.00443. The maximum atomic E-state index is 12.6. The van der Waals surface area contributed by atoms with Crippen LogP contribution >= 0.6 is 11.6 Å². The lowest BCUT2D eigenvalue weighted by atomic mass is 10.2. The number of hydrogen-bond donors (Lipinski definition) is 1. The first-order valence-electron chi connectivity index (χ1n) is 7.65. The molecule has 0 spiro atoms. The van der Waals surface area contributed by atoms with Crippen molar-refractivity contribution in [1.82, 2.24) is 4.72 Å². The Balaban J connectivity index is 1.96. The molecule has 1 aromatic rings. The van der Waals surface area contributed by atoms with Gasteiger partial charge in [-0.05, 0) is 18.9 Å². The first-order chi connectivity index (χ1) is 10.9. The van der Waals surface area contributed by atoms with E-state index in [1.165, 1.54) is 24.0 Å². The summed E-state index contributed by atoms with van der Waals surface area (Å²) >= 11 is 6.19. The zero-order chi connectivity index (χ0) is 16.6. The zero-order valence-corrected chi connectivity index (χ0v) is 14.4. The third-order valence-electron chi connectivity index (χ3n) is 4.22. The van der Waals surface area contributed by atoms with Crippen molar-refractivity contribution in [1.29, 1.82) is 0 Å². The summed E-state index contributed by atoms with van der Waals surface area (Å²) < 4.78 is 33.4. The van der Waals surface area contributed by atoms with Gasteiger partial charge in [-0.15, -0.1) is 0 Å². The number of benzene rings is 1. The van der Waals surface area contributed by atoms with Crippen molar-refractivity contribution in [3.8, 4) is 5.75 Å². The van der Waals surface area contributed by atoms with Crippen LogP contribution in [0.25, 0.3) is 0 Å². The van der Waals surface area contributed by atoms with E-state index >= 15 is 0 Å². The van der Waals surface area contributed by atoms with E-state index in [9.17, 15) is 13.2 Å². The van der Waals surface area contributed by atoms with Crippen LogP contribution in [0.2, 0.25) is 5.02 Å². The maximum Gasteiger partial charge on any atom is 0.242 e. The molecule has 0 atom stereocenters. The number of anilines is 1. The molecule has 0 radical (unpaired) electrons. The Morgan fingerprint density at radius 3 is 2.70 bits per heavy atom.